The van der Waals surface area contributed by atoms with Crippen LogP contribution in [0.15, 0.2) is 9.42 Å². The highest BCUT2D eigenvalue weighted by Crippen LogP contribution is 2.30. The van der Waals surface area contributed by atoms with Gasteiger partial charge in [0.2, 0.25) is 10.0 Å². The summed E-state index contributed by atoms with van der Waals surface area (Å²) in [5.41, 5.74) is 0.419. The molecule has 0 radical (unpaired) electrons. The first-order valence-electron chi connectivity index (χ1n) is 6.92. The number of aryl methyl sites for hydroxylation is 2. The zero-order chi connectivity index (χ0) is 14.8. The Labute approximate surface area is 120 Å². The summed E-state index contributed by atoms with van der Waals surface area (Å²) < 4.78 is 37.4. The van der Waals surface area contributed by atoms with Crippen LogP contribution in [0.1, 0.15) is 37.1 Å². The third kappa shape index (κ3) is 2.89. The molecule has 0 atom stereocenters. The Balaban J connectivity index is 2.35. The maximum Gasteiger partial charge on any atom is 0.248 e. The van der Waals surface area contributed by atoms with Gasteiger partial charge in [0.05, 0.1) is 6.61 Å². The zero-order valence-corrected chi connectivity index (χ0v) is 13.1. The van der Waals surface area contributed by atoms with Crippen LogP contribution >= 0.6 is 0 Å². The fourth-order valence-electron chi connectivity index (χ4n) is 2.83. The van der Waals surface area contributed by atoms with Gasteiger partial charge in [0.1, 0.15) is 10.6 Å². The first kappa shape index (κ1) is 15.5. The van der Waals surface area contributed by atoms with Crippen molar-refractivity contribution in [1.29, 1.82) is 0 Å². The lowest BCUT2D eigenvalue weighted by molar-refractivity contribution is 0.166. The number of hydrogen-bond acceptors (Lipinski definition) is 5. The van der Waals surface area contributed by atoms with Crippen molar-refractivity contribution in [3.05, 3.63) is 11.5 Å². The van der Waals surface area contributed by atoms with Crippen molar-refractivity contribution in [3.63, 3.8) is 0 Å². The van der Waals surface area contributed by atoms with Gasteiger partial charge in [0, 0.05) is 19.7 Å². The molecule has 7 heteroatoms. The molecule has 0 aromatic carbocycles. The van der Waals surface area contributed by atoms with Crippen molar-refractivity contribution in [2.24, 2.45) is 0 Å². The molecule has 1 saturated carbocycles. The Morgan fingerprint density at radius 2 is 2.00 bits per heavy atom. The highest BCUT2D eigenvalue weighted by molar-refractivity contribution is 7.89. The fourth-order valence-corrected chi connectivity index (χ4v) is 4.80. The highest BCUT2D eigenvalue weighted by atomic mass is 32.2. The molecule has 0 saturated heterocycles. The number of ether oxygens (including phenoxy) is 1. The van der Waals surface area contributed by atoms with Crippen molar-refractivity contribution >= 4 is 10.0 Å². The smallest absolute Gasteiger partial charge is 0.248 e. The normalized spacial score (nSPS) is 17.2. The third-order valence-corrected chi connectivity index (χ3v) is 5.98. The standard InChI is InChI=1S/C13H22N2O4S/c1-10-13(11(2)19-14-10)20(16,17)15(8-9-18-3)12-6-4-5-7-12/h12H,4-9H2,1-3H3. The molecule has 1 aliphatic carbocycles. The number of nitrogens with zero attached hydrogens (tertiary/aromatic N) is 2. The molecule has 6 nitrogen and oxygen atoms in total. The van der Waals surface area contributed by atoms with E-state index >= 15 is 0 Å². The molecule has 1 aromatic heterocycles. The fraction of sp³-hybridized carbons (Fsp3) is 0.769. The van der Waals surface area contributed by atoms with Crippen molar-refractivity contribution in [1.82, 2.24) is 9.46 Å². The van der Waals surface area contributed by atoms with E-state index in [9.17, 15) is 8.42 Å². The first-order valence-corrected chi connectivity index (χ1v) is 8.36. The molecule has 1 heterocycles. The van der Waals surface area contributed by atoms with E-state index in [4.69, 9.17) is 9.26 Å². The van der Waals surface area contributed by atoms with Gasteiger partial charge in [0.15, 0.2) is 5.76 Å². The van der Waals surface area contributed by atoms with E-state index < -0.39 is 10.0 Å². The maximum absolute atomic E-state index is 12.9. The van der Waals surface area contributed by atoms with Crippen molar-refractivity contribution < 1.29 is 17.7 Å². The van der Waals surface area contributed by atoms with Crippen LogP contribution < -0.4 is 0 Å². The summed E-state index contributed by atoms with van der Waals surface area (Å²) in [6.07, 6.45) is 3.97. The second-order valence-corrected chi connectivity index (χ2v) is 7.03. The molecule has 0 bridgehead atoms. The van der Waals surface area contributed by atoms with E-state index in [2.05, 4.69) is 5.16 Å². The molecule has 1 aliphatic rings. The van der Waals surface area contributed by atoms with Gasteiger partial charge < -0.3 is 9.26 Å². The molecule has 1 fully saturated rings. The lowest BCUT2D eigenvalue weighted by Crippen LogP contribution is -2.41. The number of hydrogen-bond donors (Lipinski definition) is 0. The summed E-state index contributed by atoms with van der Waals surface area (Å²) in [6.45, 7) is 4.05. The van der Waals surface area contributed by atoms with Gasteiger partial charge in [-0.25, -0.2) is 8.42 Å². The van der Waals surface area contributed by atoms with Crippen molar-refractivity contribution in [2.75, 3.05) is 20.3 Å². The number of sulfonamides is 1. The minimum absolute atomic E-state index is 0.0591. The summed E-state index contributed by atoms with van der Waals surface area (Å²) >= 11 is 0. The van der Waals surface area contributed by atoms with Gasteiger partial charge in [-0.3, -0.25) is 0 Å². The lowest BCUT2D eigenvalue weighted by atomic mass is 10.2. The van der Waals surface area contributed by atoms with E-state index in [0.29, 0.717) is 24.6 Å². The Kier molecular flexibility index (Phi) is 4.82. The van der Waals surface area contributed by atoms with Gasteiger partial charge in [0.25, 0.3) is 0 Å². The van der Waals surface area contributed by atoms with E-state index in [1.165, 1.54) is 0 Å². The third-order valence-electron chi connectivity index (χ3n) is 3.78. The number of aromatic nitrogens is 1. The van der Waals surface area contributed by atoms with Crippen LogP contribution in [-0.4, -0.2) is 44.2 Å². The second kappa shape index (κ2) is 6.24. The molecule has 0 amide bonds. The highest BCUT2D eigenvalue weighted by Gasteiger charge is 2.36. The molecule has 1 aromatic rings. The van der Waals surface area contributed by atoms with Gasteiger partial charge in [-0.15, -0.1) is 0 Å². The van der Waals surface area contributed by atoms with Gasteiger partial charge in [-0.1, -0.05) is 18.0 Å². The molecule has 114 valence electrons. The quantitative estimate of drug-likeness (QED) is 0.802. The molecule has 0 N–H and O–H groups in total. The van der Waals surface area contributed by atoms with E-state index in [-0.39, 0.29) is 10.9 Å². The summed E-state index contributed by atoms with van der Waals surface area (Å²) in [6, 6.07) is 0.0591. The van der Waals surface area contributed by atoms with Gasteiger partial charge >= 0.3 is 0 Å². The SMILES string of the molecule is COCCN(C1CCCC1)S(=O)(=O)c1c(C)noc1C. The maximum atomic E-state index is 12.9. The molecule has 0 spiro atoms. The average Bonchev–Trinajstić information content (AvgIpc) is 3.00. The number of rotatable bonds is 6. The van der Waals surface area contributed by atoms with E-state index in [1.807, 2.05) is 0 Å². The Morgan fingerprint density at radius 3 is 2.50 bits per heavy atom. The van der Waals surface area contributed by atoms with Gasteiger partial charge in [-0.05, 0) is 26.7 Å². The largest absolute Gasteiger partial charge is 0.383 e. The first-order chi connectivity index (χ1) is 9.48. The average molecular weight is 302 g/mol. The monoisotopic (exact) mass is 302 g/mol. The van der Waals surface area contributed by atoms with E-state index in [1.54, 1.807) is 25.3 Å². The molecule has 0 aliphatic heterocycles. The van der Waals surface area contributed by atoms with Crippen LogP contribution in [0.4, 0.5) is 0 Å². The minimum Gasteiger partial charge on any atom is -0.383 e. The second-order valence-electron chi connectivity index (χ2n) is 5.20. The van der Waals surface area contributed by atoms with Crippen LogP contribution in [0.25, 0.3) is 0 Å². The van der Waals surface area contributed by atoms with Crippen molar-refractivity contribution in [3.8, 4) is 0 Å². The summed E-state index contributed by atoms with van der Waals surface area (Å²) in [4.78, 5) is 0.209. The predicted octanol–water partition coefficient (Wildman–Crippen LogP) is 1.87. The van der Waals surface area contributed by atoms with Crippen molar-refractivity contribution in [2.45, 2.75) is 50.5 Å². The Bertz CT molecular complexity index is 527. The minimum atomic E-state index is -3.58. The molecule has 2 rings (SSSR count). The van der Waals surface area contributed by atoms with E-state index in [0.717, 1.165) is 25.7 Å². The summed E-state index contributed by atoms with van der Waals surface area (Å²) in [5, 5.41) is 3.76. The predicted molar refractivity (Wildman–Crippen MR) is 74.0 cm³/mol. The lowest BCUT2D eigenvalue weighted by Gasteiger charge is -2.27. The van der Waals surface area contributed by atoms with Gasteiger partial charge in [-0.2, -0.15) is 4.31 Å². The summed E-state index contributed by atoms with van der Waals surface area (Å²) in [5.74, 6) is 0.350. The molecular formula is C13H22N2O4S. The van der Waals surface area contributed by atoms with Crippen LogP contribution in [0, 0.1) is 13.8 Å². The zero-order valence-electron chi connectivity index (χ0n) is 12.3. The Hall–Kier alpha value is -0.920. The van der Waals surface area contributed by atoms with Crippen LogP contribution in [-0.2, 0) is 14.8 Å². The topological polar surface area (TPSA) is 72.6 Å². The van der Waals surface area contributed by atoms with Crippen LogP contribution in [0.5, 0.6) is 0 Å². The molecule has 20 heavy (non-hydrogen) atoms. The molecular weight excluding hydrogens is 280 g/mol. The Morgan fingerprint density at radius 1 is 1.35 bits per heavy atom. The summed E-state index contributed by atoms with van der Waals surface area (Å²) in [7, 11) is -2.00. The van der Waals surface area contributed by atoms with Crippen LogP contribution in [0.3, 0.4) is 0 Å². The van der Waals surface area contributed by atoms with Crippen LogP contribution in [0.2, 0.25) is 0 Å². The molecule has 0 unspecified atom stereocenters. The number of methoxy groups -OCH3 is 1.